The molecule has 144 valence electrons. The molecule has 2 aromatic carbocycles. The molecule has 8 heteroatoms. The molecular formula is C19H22N2O5S. The highest BCUT2D eigenvalue weighted by Crippen LogP contribution is 2.18. The minimum absolute atomic E-state index is 0.0158. The number of amides is 1. The summed E-state index contributed by atoms with van der Waals surface area (Å²) in [6, 6.07) is 12.9. The van der Waals surface area contributed by atoms with E-state index in [-0.39, 0.29) is 23.5 Å². The Morgan fingerprint density at radius 2 is 1.78 bits per heavy atom. The van der Waals surface area contributed by atoms with Crippen LogP contribution < -0.4 is 10.0 Å². The lowest BCUT2D eigenvalue weighted by molar-refractivity contribution is -0.138. The summed E-state index contributed by atoms with van der Waals surface area (Å²) in [4.78, 5) is 24.1. The Labute approximate surface area is 158 Å². The van der Waals surface area contributed by atoms with Gasteiger partial charge in [0, 0.05) is 18.7 Å². The normalized spacial score (nSPS) is 12.4. The van der Waals surface area contributed by atoms with Gasteiger partial charge in [0.25, 0.3) is 5.91 Å². The number of aryl methyl sites for hydroxylation is 1. The number of benzene rings is 2. The van der Waals surface area contributed by atoms with Gasteiger partial charge in [-0.2, -0.15) is 0 Å². The van der Waals surface area contributed by atoms with Crippen LogP contribution in [-0.4, -0.2) is 38.5 Å². The van der Waals surface area contributed by atoms with Crippen molar-refractivity contribution in [2.24, 2.45) is 0 Å². The standard InChI is InChI=1S/C19H22N2O5S/c1-3-21-27(25,26)15-10-9-13(2)16(11-15)18(22)20-12-17(19(23)24)14-7-5-4-6-8-14/h4-11,17,21H,3,12H2,1-2H3,(H,20,22)(H,23,24). The lowest BCUT2D eigenvalue weighted by Gasteiger charge is -2.15. The second kappa shape index (κ2) is 8.79. The van der Waals surface area contributed by atoms with Gasteiger partial charge in [-0.25, -0.2) is 13.1 Å². The maximum Gasteiger partial charge on any atom is 0.312 e. The third-order valence-corrected chi connectivity index (χ3v) is 5.61. The molecule has 1 amide bonds. The molecule has 0 radical (unpaired) electrons. The van der Waals surface area contributed by atoms with E-state index >= 15 is 0 Å². The van der Waals surface area contributed by atoms with Crippen LogP contribution in [0, 0.1) is 6.92 Å². The van der Waals surface area contributed by atoms with E-state index in [2.05, 4.69) is 10.0 Å². The van der Waals surface area contributed by atoms with Crippen LogP contribution in [0.2, 0.25) is 0 Å². The fourth-order valence-electron chi connectivity index (χ4n) is 2.61. The first-order valence-electron chi connectivity index (χ1n) is 8.42. The third-order valence-electron chi connectivity index (χ3n) is 4.07. The average molecular weight is 390 g/mol. The zero-order valence-electron chi connectivity index (χ0n) is 15.1. The molecule has 7 nitrogen and oxygen atoms in total. The number of rotatable bonds is 8. The van der Waals surface area contributed by atoms with Crippen molar-refractivity contribution in [3.8, 4) is 0 Å². The van der Waals surface area contributed by atoms with Gasteiger partial charge in [-0.05, 0) is 30.2 Å². The van der Waals surface area contributed by atoms with E-state index in [1.54, 1.807) is 50.2 Å². The van der Waals surface area contributed by atoms with E-state index in [1.165, 1.54) is 12.1 Å². The number of carbonyl (C=O) groups excluding carboxylic acids is 1. The molecule has 0 aliphatic carbocycles. The van der Waals surface area contributed by atoms with Gasteiger partial charge in [0.15, 0.2) is 0 Å². The van der Waals surface area contributed by atoms with Gasteiger partial charge in [0.1, 0.15) is 0 Å². The third kappa shape index (κ3) is 5.15. The molecule has 0 heterocycles. The highest BCUT2D eigenvalue weighted by Gasteiger charge is 2.22. The number of aliphatic carboxylic acids is 1. The molecule has 0 aromatic heterocycles. The topological polar surface area (TPSA) is 113 Å². The number of carboxylic acid groups (broad SMARTS) is 1. The Bertz CT molecular complexity index is 926. The summed E-state index contributed by atoms with van der Waals surface area (Å²) in [5.41, 5.74) is 1.35. The van der Waals surface area contributed by atoms with E-state index in [1.807, 2.05) is 0 Å². The van der Waals surface area contributed by atoms with E-state index in [0.717, 1.165) is 0 Å². The quantitative estimate of drug-likeness (QED) is 0.637. The van der Waals surface area contributed by atoms with Crippen molar-refractivity contribution >= 4 is 21.9 Å². The molecule has 0 aliphatic heterocycles. The summed E-state index contributed by atoms with van der Waals surface area (Å²) in [7, 11) is -3.69. The van der Waals surface area contributed by atoms with Crippen molar-refractivity contribution in [3.05, 3.63) is 65.2 Å². The number of carboxylic acids is 1. The van der Waals surface area contributed by atoms with Crippen molar-refractivity contribution in [2.45, 2.75) is 24.7 Å². The Kier molecular flexibility index (Phi) is 6.70. The molecule has 3 N–H and O–H groups in total. The SMILES string of the molecule is CCNS(=O)(=O)c1ccc(C)c(C(=O)NCC(C(=O)O)c2ccccc2)c1. The van der Waals surface area contributed by atoms with E-state index in [4.69, 9.17) is 0 Å². The maximum absolute atomic E-state index is 12.5. The number of carbonyl (C=O) groups is 2. The number of hydrogen-bond donors (Lipinski definition) is 3. The minimum Gasteiger partial charge on any atom is -0.481 e. The van der Waals surface area contributed by atoms with Crippen LogP contribution in [0.25, 0.3) is 0 Å². The van der Waals surface area contributed by atoms with Gasteiger partial charge < -0.3 is 10.4 Å². The highest BCUT2D eigenvalue weighted by molar-refractivity contribution is 7.89. The molecule has 2 rings (SSSR count). The molecule has 0 fully saturated rings. The molecule has 27 heavy (non-hydrogen) atoms. The van der Waals surface area contributed by atoms with E-state index in [9.17, 15) is 23.1 Å². The molecule has 0 bridgehead atoms. The van der Waals surface area contributed by atoms with E-state index in [0.29, 0.717) is 11.1 Å². The van der Waals surface area contributed by atoms with Gasteiger partial charge >= 0.3 is 5.97 Å². The van der Waals surface area contributed by atoms with Gasteiger partial charge in [-0.15, -0.1) is 0 Å². The summed E-state index contributed by atoms with van der Waals surface area (Å²) < 4.78 is 26.6. The second-order valence-corrected chi connectivity index (χ2v) is 7.76. The molecule has 1 unspecified atom stereocenters. The van der Waals surface area contributed by atoms with Crippen LogP contribution in [0.15, 0.2) is 53.4 Å². The molecular weight excluding hydrogens is 368 g/mol. The molecule has 2 aromatic rings. The van der Waals surface area contributed by atoms with Gasteiger partial charge in [-0.3, -0.25) is 9.59 Å². The second-order valence-electron chi connectivity index (χ2n) is 5.99. The van der Waals surface area contributed by atoms with Crippen LogP contribution in [0.1, 0.15) is 34.3 Å². The molecule has 0 saturated carbocycles. The Morgan fingerprint density at radius 3 is 2.37 bits per heavy atom. The van der Waals surface area contributed by atoms with Crippen LogP contribution in [0.3, 0.4) is 0 Å². The largest absolute Gasteiger partial charge is 0.481 e. The predicted octanol–water partition coefficient (Wildman–Crippen LogP) is 1.89. The van der Waals surface area contributed by atoms with Crippen molar-refractivity contribution in [1.82, 2.24) is 10.0 Å². The Hall–Kier alpha value is -2.71. The lowest BCUT2D eigenvalue weighted by Crippen LogP contribution is -2.32. The minimum atomic E-state index is -3.69. The predicted molar refractivity (Wildman–Crippen MR) is 101 cm³/mol. The highest BCUT2D eigenvalue weighted by atomic mass is 32.2. The summed E-state index contributed by atoms with van der Waals surface area (Å²) in [6.07, 6.45) is 0. The average Bonchev–Trinajstić information content (AvgIpc) is 2.62. The smallest absolute Gasteiger partial charge is 0.312 e. The number of hydrogen-bond acceptors (Lipinski definition) is 4. The van der Waals surface area contributed by atoms with Crippen LogP contribution in [0.5, 0.6) is 0 Å². The first-order valence-corrected chi connectivity index (χ1v) is 9.91. The van der Waals surface area contributed by atoms with Crippen LogP contribution in [0.4, 0.5) is 0 Å². The summed E-state index contributed by atoms with van der Waals surface area (Å²) in [5, 5.41) is 12.0. The van der Waals surface area contributed by atoms with Gasteiger partial charge in [0.2, 0.25) is 10.0 Å². The van der Waals surface area contributed by atoms with Crippen LogP contribution in [-0.2, 0) is 14.8 Å². The molecule has 0 spiro atoms. The van der Waals surface area contributed by atoms with Crippen molar-refractivity contribution < 1.29 is 23.1 Å². The van der Waals surface area contributed by atoms with E-state index < -0.39 is 27.8 Å². The van der Waals surface area contributed by atoms with Crippen molar-refractivity contribution in [2.75, 3.05) is 13.1 Å². The fourth-order valence-corrected chi connectivity index (χ4v) is 3.68. The zero-order chi connectivity index (χ0) is 20.0. The lowest BCUT2D eigenvalue weighted by atomic mass is 9.99. The fraction of sp³-hybridized carbons (Fsp3) is 0.263. The first kappa shape index (κ1) is 20.6. The van der Waals surface area contributed by atoms with Gasteiger partial charge in [0.05, 0.1) is 10.8 Å². The van der Waals surface area contributed by atoms with Crippen molar-refractivity contribution in [1.29, 1.82) is 0 Å². The van der Waals surface area contributed by atoms with Crippen LogP contribution >= 0.6 is 0 Å². The Balaban J connectivity index is 2.21. The number of nitrogens with one attached hydrogen (secondary N) is 2. The molecule has 0 aliphatic rings. The zero-order valence-corrected chi connectivity index (χ0v) is 15.9. The Morgan fingerprint density at radius 1 is 1.11 bits per heavy atom. The molecule has 1 atom stereocenters. The maximum atomic E-state index is 12.5. The monoisotopic (exact) mass is 390 g/mol. The summed E-state index contributed by atoms with van der Waals surface area (Å²) >= 11 is 0. The summed E-state index contributed by atoms with van der Waals surface area (Å²) in [6.45, 7) is 3.47. The number of sulfonamides is 1. The summed E-state index contributed by atoms with van der Waals surface area (Å²) in [5.74, 6) is -2.48. The van der Waals surface area contributed by atoms with Gasteiger partial charge in [-0.1, -0.05) is 43.3 Å². The first-order chi connectivity index (χ1) is 12.8. The van der Waals surface area contributed by atoms with Crippen molar-refractivity contribution in [3.63, 3.8) is 0 Å². The molecule has 0 saturated heterocycles.